The summed E-state index contributed by atoms with van der Waals surface area (Å²) < 4.78 is 0. The molecule has 2 bridgehead atoms. The Morgan fingerprint density at radius 3 is 2.67 bits per heavy atom. The van der Waals surface area contributed by atoms with Crippen LogP contribution in [0.3, 0.4) is 0 Å². The van der Waals surface area contributed by atoms with E-state index >= 15 is 0 Å². The van der Waals surface area contributed by atoms with Crippen LogP contribution in [0.2, 0.25) is 0 Å². The van der Waals surface area contributed by atoms with Gasteiger partial charge in [-0.05, 0) is 47.9 Å². The number of benzene rings is 1. The lowest BCUT2D eigenvalue weighted by atomic mass is 9.65. The monoisotopic (exact) mass is 302 g/mol. The molecule has 2 fully saturated rings. The summed E-state index contributed by atoms with van der Waals surface area (Å²) in [7, 11) is 0. The van der Waals surface area contributed by atoms with Crippen LogP contribution in [0.5, 0.6) is 0 Å². The molecule has 0 unspecified atom stereocenters. The van der Waals surface area contributed by atoms with Crippen LogP contribution in [0.1, 0.15) is 45.6 Å². The van der Waals surface area contributed by atoms with Gasteiger partial charge in [-0.2, -0.15) is 0 Å². The zero-order valence-electron chi connectivity index (χ0n) is 13.4. The van der Waals surface area contributed by atoms with Crippen LogP contribution in [0.15, 0.2) is 30.3 Å². The second-order valence-electron chi connectivity index (χ2n) is 7.99. The van der Waals surface area contributed by atoms with Gasteiger partial charge in [0, 0.05) is 19.1 Å². The summed E-state index contributed by atoms with van der Waals surface area (Å²) in [5.41, 5.74) is 2.17. The van der Waals surface area contributed by atoms with Crippen LogP contribution in [0, 0.1) is 10.8 Å². The van der Waals surface area contributed by atoms with Gasteiger partial charge in [0.15, 0.2) is 5.11 Å². The van der Waals surface area contributed by atoms with Crippen molar-refractivity contribution in [1.82, 2.24) is 10.2 Å². The highest BCUT2D eigenvalue weighted by molar-refractivity contribution is 7.80. The van der Waals surface area contributed by atoms with Gasteiger partial charge in [-0.15, -0.1) is 0 Å². The molecule has 3 heteroatoms. The lowest BCUT2D eigenvalue weighted by molar-refractivity contribution is 0.132. The van der Waals surface area contributed by atoms with Crippen LogP contribution in [-0.4, -0.2) is 22.6 Å². The van der Waals surface area contributed by atoms with Gasteiger partial charge in [-0.25, -0.2) is 0 Å². The third kappa shape index (κ3) is 3.23. The number of fused-ring (bicyclic) bond motifs is 2. The second kappa shape index (κ2) is 5.28. The maximum absolute atomic E-state index is 5.68. The molecule has 2 aliphatic rings. The molecular formula is C18H26N2S. The molecule has 1 saturated carbocycles. The van der Waals surface area contributed by atoms with Crippen molar-refractivity contribution in [2.45, 2.75) is 52.6 Å². The third-order valence-electron chi connectivity index (χ3n) is 4.96. The Balaban J connectivity index is 1.64. The first-order valence-corrected chi connectivity index (χ1v) is 8.36. The van der Waals surface area contributed by atoms with E-state index in [-0.39, 0.29) is 0 Å². The number of thiocarbonyl (C=S) groups is 1. The molecule has 2 nitrogen and oxygen atoms in total. The van der Waals surface area contributed by atoms with Crippen LogP contribution >= 0.6 is 12.2 Å². The second-order valence-corrected chi connectivity index (χ2v) is 8.37. The van der Waals surface area contributed by atoms with Crippen molar-refractivity contribution in [1.29, 1.82) is 0 Å². The molecule has 114 valence electrons. The summed E-state index contributed by atoms with van der Waals surface area (Å²) in [5.74, 6) is 0. The lowest BCUT2D eigenvalue weighted by Gasteiger charge is -2.39. The fraction of sp³-hybridized carbons (Fsp3) is 0.611. The van der Waals surface area contributed by atoms with E-state index in [1.165, 1.54) is 24.8 Å². The molecular weight excluding hydrogens is 276 g/mol. The Morgan fingerprint density at radius 1 is 1.24 bits per heavy atom. The van der Waals surface area contributed by atoms with Crippen molar-refractivity contribution in [3.8, 4) is 0 Å². The summed E-state index contributed by atoms with van der Waals surface area (Å²) in [6.07, 6.45) is 3.87. The van der Waals surface area contributed by atoms with E-state index in [4.69, 9.17) is 12.2 Å². The van der Waals surface area contributed by atoms with E-state index in [2.05, 4.69) is 55.3 Å². The minimum atomic E-state index is 0.435. The highest BCUT2D eigenvalue weighted by atomic mass is 32.1. The number of hydrogen-bond donors (Lipinski definition) is 1. The summed E-state index contributed by atoms with van der Waals surface area (Å²) >= 11 is 5.68. The summed E-state index contributed by atoms with van der Waals surface area (Å²) in [4.78, 5) is 2.45. The predicted octanol–water partition coefficient (Wildman–Crippen LogP) is 3.96. The van der Waals surface area contributed by atoms with E-state index in [9.17, 15) is 0 Å². The zero-order chi connectivity index (χ0) is 15.1. The molecule has 0 aromatic heterocycles. The third-order valence-corrected chi connectivity index (χ3v) is 5.34. The molecule has 1 aromatic carbocycles. The SMILES string of the molecule is CC1(C)C[C@H]2C[C@@](C)(CN2C(=S)NCc2ccccc2)C1. The molecule has 0 spiro atoms. The van der Waals surface area contributed by atoms with Gasteiger partial charge >= 0.3 is 0 Å². The average Bonchev–Trinajstić information content (AvgIpc) is 2.66. The molecule has 3 rings (SSSR count). The first-order chi connectivity index (χ1) is 9.87. The van der Waals surface area contributed by atoms with Gasteiger partial charge in [0.1, 0.15) is 0 Å². The standard InChI is InChI=1S/C18H26N2S/c1-17(2)9-15-10-18(3,12-17)13-20(15)16(21)19-11-14-7-5-4-6-8-14/h4-8,15H,9-13H2,1-3H3,(H,19,21)/t15-,18+/m0/s1. The van der Waals surface area contributed by atoms with Crippen LogP contribution in [0.4, 0.5) is 0 Å². The van der Waals surface area contributed by atoms with Crippen LogP contribution in [0.25, 0.3) is 0 Å². The van der Waals surface area contributed by atoms with E-state index in [1.54, 1.807) is 0 Å². The maximum atomic E-state index is 5.68. The zero-order valence-corrected chi connectivity index (χ0v) is 14.2. The van der Waals surface area contributed by atoms with Gasteiger partial charge in [-0.3, -0.25) is 0 Å². The fourth-order valence-electron chi connectivity index (χ4n) is 4.57. The minimum absolute atomic E-state index is 0.435. The minimum Gasteiger partial charge on any atom is -0.358 e. The van der Waals surface area contributed by atoms with Gasteiger partial charge in [0.25, 0.3) is 0 Å². The molecule has 1 aromatic rings. The van der Waals surface area contributed by atoms with Gasteiger partial charge in [0.2, 0.25) is 0 Å². The quantitative estimate of drug-likeness (QED) is 0.832. The lowest BCUT2D eigenvalue weighted by Crippen LogP contribution is -2.43. The summed E-state index contributed by atoms with van der Waals surface area (Å²) in [6, 6.07) is 11.1. The van der Waals surface area contributed by atoms with Crippen molar-refractivity contribution in [3.05, 3.63) is 35.9 Å². The smallest absolute Gasteiger partial charge is 0.169 e. The molecule has 1 aliphatic heterocycles. The highest BCUT2D eigenvalue weighted by Crippen LogP contribution is 2.52. The number of nitrogens with zero attached hydrogens (tertiary/aromatic N) is 1. The first-order valence-electron chi connectivity index (χ1n) is 7.95. The van der Waals surface area contributed by atoms with Gasteiger partial charge in [-0.1, -0.05) is 51.1 Å². The maximum Gasteiger partial charge on any atom is 0.169 e. The Bertz CT molecular complexity index is 525. The normalized spacial score (nSPS) is 30.2. The Kier molecular flexibility index (Phi) is 3.73. The van der Waals surface area contributed by atoms with Crippen molar-refractivity contribution in [2.75, 3.05) is 6.54 Å². The summed E-state index contributed by atoms with van der Waals surface area (Å²) in [5, 5.41) is 4.39. The molecule has 21 heavy (non-hydrogen) atoms. The van der Waals surface area contributed by atoms with Crippen molar-refractivity contribution >= 4 is 17.3 Å². The number of nitrogens with one attached hydrogen (secondary N) is 1. The molecule has 1 saturated heterocycles. The Hall–Kier alpha value is -1.09. The van der Waals surface area contributed by atoms with Gasteiger partial charge < -0.3 is 10.2 Å². The highest BCUT2D eigenvalue weighted by Gasteiger charge is 2.50. The summed E-state index contributed by atoms with van der Waals surface area (Å²) in [6.45, 7) is 9.17. The largest absolute Gasteiger partial charge is 0.358 e. The number of hydrogen-bond acceptors (Lipinski definition) is 1. The predicted molar refractivity (Wildman–Crippen MR) is 92.1 cm³/mol. The van der Waals surface area contributed by atoms with E-state index in [1.807, 2.05) is 6.07 Å². The Labute approximate surface area is 133 Å². The topological polar surface area (TPSA) is 15.3 Å². The molecule has 0 amide bonds. The first kappa shape index (κ1) is 14.8. The van der Waals surface area contributed by atoms with E-state index < -0.39 is 0 Å². The molecule has 1 aliphatic carbocycles. The van der Waals surface area contributed by atoms with Crippen LogP contribution < -0.4 is 5.32 Å². The molecule has 1 heterocycles. The fourth-order valence-corrected chi connectivity index (χ4v) is 4.86. The van der Waals surface area contributed by atoms with Crippen molar-refractivity contribution in [2.24, 2.45) is 10.8 Å². The number of likely N-dealkylation sites (tertiary alicyclic amines) is 1. The van der Waals surface area contributed by atoms with Crippen molar-refractivity contribution in [3.63, 3.8) is 0 Å². The molecule has 2 atom stereocenters. The average molecular weight is 302 g/mol. The van der Waals surface area contributed by atoms with E-state index in [0.717, 1.165) is 18.2 Å². The molecule has 0 radical (unpaired) electrons. The molecule has 1 N–H and O–H groups in total. The van der Waals surface area contributed by atoms with Gasteiger partial charge in [0.05, 0.1) is 0 Å². The van der Waals surface area contributed by atoms with Crippen molar-refractivity contribution < 1.29 is 0 Å². The number of rotatable bonds is 2. The van der Waals surface area contributed by atoms with Crippen LogP contribution in [-0.2, 0) is 6.54 Å². The Morgan fingerprint density at radius 2 is 1.95 bits per heavy atom. The van der Waals surface area contributed by atoms with E-state index in [0.29, 0.717) is 16.9 Å².